The molecule has 3 rings (SSSR count). The van der Waals surface area contributed by atoms with Gasteiger partial charge in [0.25, 0.3) is 11.8 Å². The zero-order valence-electron chi connectivity index (χ0n) is 16.8. The lowest BCUT2D eigenvalue weighted by molar-refractivity contribution is -0.122. The van der Waals surface area contributed by atoms with Crippen molar-refractivity contribution >= 4 is 17.5 Å². The summed E-state index contributed by atoms with van der Waals surface area (Å²) in [6.45, 7) is 3.48. The number of hydrogen-bond acceptors (Lipinski definition) is 3. The number of hydrogen-bond donors (Lipinski definition) is 2. The molecule has 3 aromatic carbocycles. The smallest absolute Gasteiger partial charge is 0.265 e. The number of rotatable bonds is 7. The summed E-state index contributed by atoms with van der Waals surface area (Å²) in [7, 11) is 0. The number of ether oxygens (including phenoxy) is 1. The normalized spacial score (nSPS) is 12.5. The second-order valence-electron chi connectivity index (χ2n) is 6.85. The highest BCUT2D eigenvalue weighted by atomic mass is 19.1. The second-order valence-corrected chi connectivity index (χ2v) is 6.85. The maximum atomic E-state index is 13.0. The van der Waals surface area contributed by atoms with Gasteiger partial charge in [0.2, 0.25) is 0 Å². The van der Waals surface area contributed by atoms with Crippen molar-refractivity contribution in [2.24, 2.45) is 0 Å². The van der Waals surface area contributed by atoms with Crippen molar-refractivity contribution in [2.45, 2.75) is 26.0 Å². The summed E-state index contributed by atoms with van der Waals surface area (Å²) in [5.41, 5.74) is 1.71. The molecule has 0 unspecified atom stereocenters. The van der Waals surface area contributed by atoms with Gasteiger partial charge in [-0.25, -0.2) is 4.39 Å². The lowest BCUT2D eigenvalue weighted by Crippen LogP contribution is -2.32. The van der Waals surface area contributed by atoms with E-state index in [1.165, 1.54) is 24.3 Å². The van der Waals surface area contributed by atoms with Gasteiger partial charge < -0.3 is 15.4 Å². The van der Waals surface area contributed by atoms with Crippen LogP contribution in [0.1, 0.15) is 35.8 Å². The molecule has 0 radical (unpaired) electrons. The van der Waals surface area contributed by atoms with E-state index >= 15 is 0 Å². The first-order valence-electron chi connectivity index (χ1n) is 9.62. The third kappa shape index (κ3) is 5.44. The van der Waals surface area contributed by atoms with Crippen molar-refractivity contribution in [1.82, 2.24) is 5.32 Å². The average Bonchev–Trinajstić information content (AvgIpc) is 2.76. The van der Waals surface area contributed by atoms with E-state index in [0.717, 1.165) is 5.56 Å². The van der Waals surface area contributed by atoms with Crippen LogP contribution in [0.15, 0.2) is 78.9 Å². The molecule has 0 bridgehead atoms. The maximum absolute atomic E-state index is 13.0. The standard InChI is InChI=1S/C24H23FN2O3/c1-16(18-8-4-3-5-9-18)26-24(29)21-10-6-7-11-22(21)27-23(28)17(2)30-20-14-12-19(25)13-15-20/h3-17H,1-2H3,(H,26,29)(H,27,28)/t16-,17-/m1/s1. The van der Waals surface area contributed by atoms with Gasteiger partial charge in [0, 0.05) is 0 Å². The number of halogens is 1. The Bertz CT molecular complexity index is 1010. The topological polar surface area (TPSA) is 67.4 Å². The van der Waals surface area contributed by atoms with Crippen molar-refractivity contribution in [3.8, 4) is 5.75 Å². The molecular formula is C24H23FN2O3. The molecule has 0 saturated carbocycles. The summed E-state index contributed by atoms with van der Waals surface area (Å²) in [5, 5.41) is 5.68. The number of amides is 2. The van der Waals surface area contributed by atoms with Gasteiger partial charge in [-0.05, 0) is 55.8 Å². The Hall–Kier alpha value is -3.67. The highest BCUT2D eigenvalue weighted by Crippen LogP contribution is 2.19. The Morgan fingerprint density at radius 2 is 1.50 bits per heavy atom. The molecule has 2 amide bonds. The molecule has 0 aliphatic rings. The minimum absolute atomic E-state index is 0.191. The molecule has 6 heteroatoms. The second kappa shape index (κ2) is 9.69. The van der Waals surface area contributed by atoms with Crippen molar-refractivity contribution < 1.29 is 18.7 Å². The molecule has 5 nitrogen and oxygen atoms in total. The van der Waals surface area contributed by atoms with Crippen LogP contribution in [0, 0.1) is 5.82 Å². The molecular weight excluding hydrogens is 383 g/mol. The molecule has 30 heavy (non-hydrogen) atoms. The van der Waals surface area contributed by atoms with Gasteiger partial charge in [0.15, 0.2) is 6.10 Å². The van der Waals surface area contributed by atoms with Crippen LogP contribution < -0.4 is 15.4 Å². The third-order valence-electron chi connectivity index (χ3n) is 4.57. The number of carbonyl (C=O) groups is 2. The van der Waals surface area contributed by atoms with Crippen molar-refractivity contribution in [2.75, 3.05) is 5.32 Å². The van der Waals surface area contributed by atoms with E-state index in [1.54, 1.807) is 31.2 Å². The van der Waals surface area contributed by atoms with E-state index in [9.17, 15) is 14.0 Å². The Morgan fingerprint density at radius 1 is 0.867 bits per heavy atom. The van der Waals surface area contributed by atoms with Gasteiger partial charge in [0.1, 0.15) is 11.6 Å². The number of carbonyl (C=O) groups excluding carboxylic acids is 2. The van der Waals surface area contributed by atoms with Crippen LogP contribution in [0.4, 0.5) is 10.1 Å². The van der Waals surface area contributed by atoms with Crippen molar-refractivity contribution in [3.63, 3.8) is 0 Å². The molecule has 0 spiro atoms. The van der Waals surface area contributed by atoms with Crippen molar-refractivity contribution in [1.29, 1.82) is 0 Å². The van der Waals surface area contributed by atoms with E-state index in [0.29, 0.717) is 17.0 Å². The molecule has 3 aromatic rings. The highest BCUT2D eigenvalue weighted by Gasteiger charge is 2.19. The summed E-state index contributed by atoms with van der Waals surface area (Å²) in [6.07, 6.45) is -0.838. The SMILES string of the molecule is C[C@@H](Oc1ccc(F)cc1)C(=O)Nc1ccccc1C(=O)N[C@H](C)c1ccccc1. The first kappa shape index (κ1) is 21.0. The van der Waals surface area contributed by atoms with Gasteiger partial charge in [-0.2, -0.15) is 0 Å². The number of benzene rings is 3. The van der Waals surface area contributed by atoms with Crippen LogP contribution in [0.3, 0.4) is 0 Å². The molecule has 0 heterocycles. The summed E-state index contributed by atoms with van der Waals surface area (Å²) >= 11 is 0. The first-order valence-corrected chi connectivity index (χ1v) is 9.62. The largest absolute Gasteiger partial charge is 0.481 e. The Balaban J connectivity index is 1.67. The van der Waals surface area contributed by atoms with Crippen molar-refractivity contribution in [3.05, 3.63) is 95.8 Å². The van der Waals surface area contributed by atoms with E-state index in [2.05, 4.69) is 10.6 Å². The minimum Gasteiger partial charge on any atom is -0.481 e. The molecule has 2 N–H and O–H groups in total. The van der Waals surface area contributed by atoms with E-state index in [1.807, 2.05) is 37.3 Å². The quantitative estimate of drug-likeness (QED) is 0.596. The number of para-hydroxylation sites is 1. The van der Waals surface area contributed by atoms with Gasteiger partial charge in [-0.15, -0.1) is 0 Å². The Morgan fingerprint density at radius 3 is 2.20 bits per heavy atom. The number of anilines is 1. The zero-order valence-corrected chi connectivity index (χ0v) is 16.8. The fourth-order valence-electron chi connectivity index (χ4n) is 2.89. The van der Waals surface area contributed by atoms with E-state index in [4.69, 9.17) is 4.74 Å². The van der Waals surface area contributed by atoms with Crippen LogP contribution >= 0.6 is 0 Å². The first-order chi connectivity index (χ1) is 14.4. The fourth-order valence-corrected chi connectivity index (χ4v) is 2.89. The van der Waals surface area contributed by atoms with Gasteiger partial charge in [-0.3, -0.25) is 9.59 Å². The highest BCUT2D eigenvalue weighted by molar-refractivity contribution is 6.04. The Kier molecular flexibility index (Phi) is 6.80. The zero-order chi connectivity index (χ0) is 21.5. The molecule has 0 aliphatic carbocycles. The molecule has 0 aliphatic heterocycles. The summed E-state index contributed by atoms with van der Waals surface area (Å²) in [6, 6.07) is 21.6. The average molecular weight is 406 g/mol. The van der Waals surface area contributed by atoms with Crippen LogP contribution in [-0.4, -0.2) is 17.9 Å². The van der Waals surface area contributed by atoms with Crippen LogP contribution in [0.5, 0.6) is 5.75 Å². The third-order valence-corrected chi connectivity index (χ3v) is 4.57. The van der Waals surface area contributed by atoms with Gasteiger partial charge in [-0.1, -0.05) is 42.5 Å². The number of nitrogens with one attached hydrogen (secondary N) is 2. The summed E-state index contributed by atoms with van der Waals surface area (Å²) in [5.74, 6) is -0.726. The monoisotopic (exact) mass is 406 g/mol. The molecule has 0 saturated heterocycles. The lowest BCUT2D eigenvalue weighted by Gasteiger charge is -2.18. The summed E-state index contributed by atoms with van der Waals surface area (Å²) < 4.78 is 18.6. The fraction of sp³-hybridized carbons (Fsp3) is 0.167. The van der Waals surface area contributed by atoms with Gasteiger partial charge in [0.05, 0.1) is 17.3 Å². The summed E-state index contributed by atoms with van der Waals surface area (Å²) in [4.78, 5) is 25.4. The predicted molar refractivity (Wildman–Crippen MR) is 114 cm³/mol. The maximum Gasteiger partial charge on any atom is 0.265 e. The van der Waals surface area contributed by atoms with Crippen LogP contribution in [0.25, 0.3) is 0 Å². The minimum atomic E-state index is -0.838. The van der Waals surface area contributed by atoms with E-state index in [-0.39, 0.29) is 17.8 Å². The molecule has 0 aromatic heterocycles. The molecule has 0 fully saturated rings. The van der Waals surface area contributed by atoms with Gasteiger partial charge >= 0.3 is 0 Å². The Labute approximate surface area is 174 Å². The molecule has 154 valence electrons. The predicted octanol–water partition coefficient (Wildman–Crippen LogP) is 4.72. The molecule has 2 atom stereocenters. The lowest BCUT2D eigenvalue weighted by atomic mass is 10.1. The van der Waals surface area contributed by atoms with Crippen LogP contribution in [-0.2, 0) is 4.79 Å². The van der Waals surface area contributed by atoms with E-state index < -0.39 is 12.0 Å². The van der Waals surface area contributed by atoms with Crippen LogP contribution in [0.2, 0.25) is 0 Å².